The zero-order valence-electron chi connectivity index (χ0n) is 12.2. The summed E-state index contributed by atoms with van der Waals surface area (Å²) < 4.78 is 26.6. The summed E-state index contributed by atoms with van der Waals surface area (Å²) in [6.45, 7) is 4.44. The Balaban J connectivity index is 0.00000220. The van der Waals surface area contributed by atoms with E-state index in [-0.39, 0.29) is 24.0 Å². The van der Waals surface area contributed by atoms with Crippen LogP contribution >= 0.6 is 24.0 Å². The van der Waals surface area contributed by atoms with Gasteiger partial charge in [-0.25, -0.2) is 13.1 Å². The molecular weight excluding hydrogens is 403 g/mol. The fourth-order valence-corrected chi connectivity index (χ4v) is 2.92. The number of rotatable bonds is 5. The zero-order chi connectivity index (χ0) is 14.6. The highest BCUT2D eigenvalue weighted by molar-refractivity contribution is 14.0. The van der Waals surface area contributed by atoms with Crippen LogP contribution in [0.3, 0.4) is 0 Å². The Morgan fingerprint density at radius 1 is 1.24 bits per heavy atom. The predicted octanol–water partition coefficient (Wildman–Crippen LogP) is 0.782. The molecule has 21 heavy (non-hydrogen) atoms. The van der Waals surface area contributed by atoms with Crippen LogP contribution in [-0.2, 0) is 10.0 Å². The van der Waals surface area contributed by atoms with E-state index >= 15 is 0 Å². The monoisotopic (exact) mass is 424 g/mol. The molecule has 1 aliphatic rings. The largest absolute Gasteiger partial charge is 0.355 e. The second kappa shape index (κ2) is 7.95. The van der Waals surface area contributed by atoms with Crippen molar-refractivity contribution in [3.8, 4) is 0 Å². The van der Waals surface area contributed by atoms with E-state index in [0.717, 1.165) is 24.6 Å². The summed E-state index contributed by atoms with van der Waals surface area (Å²) in [6, 6.07) is 6.80. The zero-order valence-corrected chi connectivity index (χ0v) is 15.3. The Bertz CT molecular complexity index is 587. The van der Waals surface area contributed by atoms with Crippen molar-refractivity contribution < 1.29 is 8.42 Å². The van der Waals surface area contributed by atoms with Crippen LogP contribution in [0, 0.1) is 6.92 Å². The fourth-order valence-electron chi connectivity index (χ4n) is 1.88. The van der Waals surface area contributed by atoms with Gasteiger partial charge in [0.15, 0.2) is 5.96 Å². The van der Waals surface area contributed by atoms with Crippen molar-refractivity contribution in [2.75, 3.05) is 33.2 Å². The van der Waals surface area contributed by atoms with E-state index in [2.05, 4.69) is 15.0 Å². The van der Waals surface area contributed by atoms with Crippen LogP contribution in [0.1, 0.15) is 5.56 Å². The molecule has 2 N–H and O–H groups in total. The van der Waals surface area contributed by atoms with Crippen molar-refractivity contribution in [3.63, 3.8) is 0 Å². The van der Waals surface area contributed by atoms with Crippen LogP contribution < -0.4 is 10.0 Å². The summed E-state index contributed by atoms with van der Waals surface area (Å²) in [7, 11) is -1.48. The lowest BCUT2D eigenvalue weighted by Gasteiger charge is -2.15. The molecule has 2 rings (SSSR count). The Labute approximate surface area is 143 Å². The number of likely N-dealkylation sites (N-methyl/N-ethyl adjacent to an activating group) is 1. The van der Waals surface area contributed by atoms with E-state index in [1.807, 2.05) is 18.9 Å². The number of sulfonamides is 1. The highest BCUT2D eigenvalue weighted by Gasteiger charge is 2.14. The summed E-state index contributed by atoms with van der Waals surface area (Å²) in [5.41, 5.74) is 1.04. The topological polar surface area (TPSA) is 73.8 Å². The van der Waals surface area contributed by atoms with Gasteiger partial charge in [0.05, 0.1) is 11.4 Å². The quantitative estimate of drug-likeness (QED) is 0.542. The maximum atomic E-state index is 12.0. The molecule has 1 aliphatic heterocycles. The van der Waals surface area contributed by atoms with Crippen molar-refractivity contribution in [2.45, 2.75) is 11.8 Å². The van der Waals surface area contributed by atoms with Crippen molar-refractivity contribution in [3.05, 3.63) is 29.8 Å². The van der Waals surface area contributed by atoms with Gasteiger partial charge in [0.2, 0.25) is 10.0 Å². The number of nitrogens with one attached hydrogen (secondary N) is 2. The first-order chi connectivity index (χ1) is 9.49. The molecule has 1 heterocycles. The number of guanidine groups is 1. The molecule has 0 amide bonds. The van der Waals surface area contributed by atoms with Gasteiger partial charge in [0.25, 0.3) is 0 Å². The van der Waals surface area contributed by atoms with Gasteiger partial charge in [0, 0.05) is 26.7 Å². The third kappa shape index (κ3) is 5.11. The summed E-state index contributed by atoms with van der Waals surface area (Å²) >= 11 is 0. The highest BCUT2D eigenvalue weighted by Crippen LogP contribution is 2.09. The van der Waals surface area contributed by atoms with Crippen LogP contribution in [-0.4, -0.2) is 52.5 Å². The minimum atomic E-state index is -3.43. The minimum Gasteiger partial charge on any atom is -0.355 e. The van der Waals surface area contributed by atoms with E-state index in [0.29, 0.717) is 18.0 Å². The first-order valence-corrected chi connectivity index (χ1v) is 8.03. The standard InChI is InChI=1S/C13H20N4O2S.HI/c1-11-3-5-12(6-4-11)20(18,19)16-8-7-14-13-15-9-10-17(13)2;/h3-6,16H,7-10H2,1-2H3,(H,14,15);1H. The van der Waals surface area contributed by atoms with Crippen molar-refractivity contribution in [1.29, 1.82) is 0 Å². The summed E-state index contributed by atoms with van der Waals surface area (Å²) in [4.78, 5) is 6.57. The average molecular weight is 424 g/mol. The van der Waals surface area contributed by atoms with Crippen LogP contribution in [0.5, 0.6) is 0 Å². The van der Waals surface area contributed by atoms with E-state index in [1.165, 1.54) is 0 Å². The number of aryl methyl sites for hydroxylation is 1. The van der Waals surface area contributed by atoms with Gasteiger partial charge in [-0.3, -0.25) is 4.99 Å². The number of hydrogen-bond donors (Lipinski definition) is 2. The first kappa shape index (κ1) is 18.2. The number of nitrogens with zero attached hydrogens (tertiary/aromatic N) is 2. The van der Waals surface area contributed by atoms with Gasteiger partial charge >= 0.3 is 0 Å². The molecule has 0 unspecified atom stereocenters. The van der Waals surface area contributed by atoms with Gasteiger partial charge in [-0.15, -0.1) is 24.0 Å². The maximum absolute atomic E-state index is 12.0. The number of aliphatic imine (C=N–C) groups is 1. The van der Waals surface area contributed by atoms with E-state index in [4.69, 9.17) is 0 Å². The second-order valence-corrected chi connectivity index (χ2v) is 6.53. The van der Waals surface area contributed by atoms with Gasteiger partial charge in [0.1, 0.15) is 0 Å². The lowest BCUT2D eigenvalue weighted by atomic mass is 10.2. The molecule has 0 radical (unpaired) electrons. The molecule has 0 atom stereocenters. The van der Waals surface area contributed by atoms with Crippen LogP contribution in [0.15, 0.2) is 34.2 Å². The number of halogens is 1. The van der Waals surface area contributed by atoms with Gasteiger partial charge in [-0.1, -0.05) is 17.7 Å². The van der Waals surface area contributed by atoms with Crippen molar-refractivity contribution in [1.82, 2.24) is 14.9 Å². The number of hydrogen-bond acceptors (Lipinski definition) is 5. The predicted molar refractivity (Wildman–Crippen MR) is 94.7 cm³/mol. The Hall–Kier alpha value is -0.870. The normalized spacial score (nSPS) is 14.6. The molecule has 0 aliphatic carbocycles. The van der Waals surface area contributed by atoms with Gasteiger partial charge in [-0.2, -0.15) is 0 Å². The Kier molecular flexibility index (Phi) is 6.88. The molecule has 0 aromatic heterocycles. The molecule has 0 saturated carbocycles. The summed E-state index contributed by atoms with van der Waals surface area (Å²) in [5.74, 6) is 0.819. The van der Waals surface area contributed by atoms with Crippen molar-refractivity contribution >= 4 is 40.0 Å². The maximum Gasteiger partial charge on any atom is 0.240 e. The molecule has 118 valence electrons. The Morgan fingerprint density at radius 3 is 2.48 bits per heavy atom. The third-order valence-corrected chi connectivity index (χ3v) is 4.57. The fraction of sp³-hybridized carbons (Fsp3) is 0.462. The lowest BCUT2D eigenvalue weighted by Crippen LogP contribution is -2.40. The van der Waals surface area contributed by atoms with E-state index in [1.54, 1.807) is 24.3 Å². The highest BCUT2D eigenvalue weighted by atomic mass is 127. The molecule has 0 bridgehead atoms. The molecule has 0 fully saturated rings. The molecule has 6 nitrogen and oxygen atoms in total. The summed E-state index contributed by atoms with van der Waals surface area (Å²) in [5, 5.41) is 3.11. The molecule has 1 aromatic carbocycles. The molecular formula is C13H21IN4O2S. The molecule has 1 aromatic rings. The third-order valence-electron chi connectivity index (χ3n) is 3.09. The van der Waals surface area contributed by atoms with E-state index in [9.17, 15) is 8.42 Å². The van der Waals surface area contributed by atoms with E-state index < -0.39 is 10.0 Å². The van der Waals surface area contributed by atoms with Crippen LogP contribution in [0.25, 0.3) is 0 Å². The molecule has 8 heteroatoms. The smallest absolute Gasteiger partial charge is 0.240 e. The minimum absolute atomic E-state index is 0. The van der Waals surface area contributed by atoms with Crippen LogP contribution in [0.2, 0.25) is 0 Å². The Morgan fingerprint density at radius 2 is 1.90 bits per heavy atom. The lowest BCUT2D eigenvalue weighted by molar-refractivity contribution is 0.533. The SMILES string of the molecule is Cc1ccc(S(=O)(=O)NCCNC2=NCCN2C)cc1.I. The summed E-state index contributed by atoms with van der Waals surface area (Å²) in [6.07, 6.45) is 0. The van der Waals surface area contributed by atoms with Crippen molar-refractivity contribution in [2.24, 2.45) is 4.99 Å². The molecule has 0 saturated heterocycles. The van der Waals surface area contributed by atoms with Gasteiger partial charge < -0.3 is 10.2 Å². The number of benzene rings is 1. The first-order valence-electron chi connectivity index (χ1n) is 6.55. The average Bonchev–Trinajstić information content (AvgIpc) is 2.81. The van der Waals surface area contributed by atoms with Gasteiger partial charge in [-0.05, 0) is 19.1 Å². The second-order valence-electron chi connectivity index (χ2n) is 4.76. The van der Waals surface area contributed by atoms with Crippen LogP contribution in [0.4, 0.5) is 0 Å². The molecule has 0 spiro atoms.